The standard InChI is InChI=1S/C19H22N2O/c1-19(2)18(16-11-7-4-8-12-16)20-17(21-19)14-22-13-15-9-5-3-6-10-15/h3-12,18H,13-14H2,1-2H3,(H,20,21)/t18-/m1/s1. The van der Waals surface area contributed by atoms with Gasteiger partial charge in [0.2, 0.25) is 0 Å². The quantitative estimate of drug-likeness (QED) is 0.911. The van der Waals surface area contributed by atoms with E-state index in [1.165, 1.54) is 11.1 Å². The molecule has 0 radical (unpaired) electrons. The lowest BCUT2D eigenvalue weighted by atomic mass is 9.90. The Balaban J connectivity index is 1.63. The van der Waals surface area contributed by atoms with Crippen LogP contribution in [0.5, 0.6) is 0 Å². The van der Waals surface area contributed by atoms with Gasteiger partial charge >= 0.3 is 0 Å². The highest BCUT2D eigenvalue weighted by molar-refractivity contribution is 5.86. The van der Waals surface area contributed by atoms with Crippen molar-refractivity contribution in [3.8, 4) is 0 Å². The van der Waals surface area contributed by atoms with Crippen molar-refractivity contribution in [1.29, 1.82) is 0 Å². The van der Waals surface area contributed by atoms with Crippen LogP contribution in [0.4, 0.5) is 0 Å². The highest BCUT2D eigenvalue weighted by atomic mass is 16.5. The number of ether oxygens (including phenoxy) is 1. The molecule has 1 N–H and O–H groups in total. The molecule has 114 valence electrons. The van der Waals surface area contributed by atoms with Crippen LogP contribution in [0.1, 0.15) is 31.0 Å². The average molecular weight is 294 g/mol. The fourth-order valence-electron chi connectivity index (χ4n) is 2.83. The van der Waals surface area contributed by atoms with Crippen molar-refractivity contribution in [3.63, 3.8) is 0 Å². The summed E-state index contributed by atoms with van der Waals surface area (Å²) in [4.78, 5) is 4.82. The largest absolute Gasteiger partial charge is 0.369 e. The normalized spacial score (nSPS) is 19.5. The van der Waals surface area contributed by atoms with Gasteiger partial charge in [-0.25, -0.2) is 0 Å². The van der Waals surface area contributed by atoms with Gasteiger partial charge in [0.1, 0.15) is 12.4 Å². The molecule has 2 aromatic carbocycles. The molecule has 0 bridgehead atoms. The summed E-state index contributed by atoms with van der Waals surface area (Å²) in [5.41, 5.74) is 2.32. The van der Waals surface area contributed by atoms with Gasteiger partial charge in [0.25, 0.3) is 0 Å². The number of aliphatic imine (C=N–C) groups is 1. The van der Waals surface area contributed by atoms with Gasteiger partial charge in [-0.1, -0.05) is 60.7 Å². The van der Waals surface area contributed by atoms with Crippen LogP contribution in [0.2, 0.25) is 0 Å². The van der Waals surface area contributed by atoms with E-state index in [4.69, 9.17) is 9.73 Å². The molecule has 22 heavy (non-hydrogen) atoms. The molecular weight excluding hydrogens is 272 g/mol. The molecule has 2 aromatic rings. The molecule has 0 saturated heterocycles. The molecule has 3 nitrogen and oxygen atoms in total. The summed E-state index contributed by atoms with van der Waals surface area (Å²) < 4.78 is 5.79. The van der Waals surface area contributed by atoms with Crippen molar-refractivity contribution in [2.45, 2.75) is 32.0 Å². The zero-order valence-corrected chi connectivity index (χ0v) is 13.1. The maximum absolute atomic E-state index is 5.79. The highest BCUT2D eigenvalue weighted by Gasteiger charge is 2.36. The molecule has 3 heteroatoms. The minimum Gasteiger partial charge on any atom is -0.369 e. The van der Waals surface area contributed by atoms with Crippen molar-refractivity contribution >= 4 is 5.84 Å². The van der Waals surface area contributed by atoms with Crippen LogP contribution < -0.4 is 5.32 Å². The second kappa shape index (κ2) is 6.32. The lowest BCUT2D eigenvalue weighted by molar-refractivity contribution is 0.156. The predicted molar refractivity (Wildman–Crippen MR) is 89.9 cm³/mol. The summed E-state index contributed by atoms with van der Waals surface area (Å²) in [6.45, 7) is 5.48. The van der Waals surface area contributed by atoms with Crippen LogP contribution in [0, 0.1) is 0 Å². The Hall–Kier alpha value is -2.13. The summed E-state index contributed by atoms with van der Waals surface area (Å²) in [6, 6.07) is 20.8. The Labute approximate surface area is 132 Å². The molecule has 1 heterocycles. The zero-order valence-electron chi connectivity index (χ0n) is 13.1. The molecule has 0 saturated carbocycles. The molecule has 1 aliphatic rings. The zero-order chi connectivity index (χ0) is 15.4. The van der Waals surface area contributed by atoms with E-state index in [9.17, 15) is 0 Å². The second-order valence-corrected chi connectivity index (χ2v) is 6.21. The van der Waals surface area contributed by atoms with Crippen LogP contribution in [-0.4, -0.2) is 18.0 Å². The number of nitrogens with one attached hydrogen (secondary N) is 1. The lowest BCUT2D eigenvalue weighted by Crippen LogP contribution is -2.42. The van der Waals surface area contributed by atoms with Gasteiger partial charge < -0.3 is 10.1 Å². The maximum atomic E-state index is 5.79. The van der Waals surface area contributed by atoms with Gasteiger partial charge in [0.05, 0.1) is 18.2 Å². The molecule has 3 rings (SSSR count). The van der Waals surface area contributed by atoms with E-state index in [-0.39, 0.29) is 11.6 Å². The van der Waals surface area contributed by atoms with E-state index in [0.717, 1.165) is 5.84 Å². The van der Waals surface area contributed by atoms with Crippen LogP contribution in [0.3, 0.4) is 0 Å². The molecule has 0 unspecified atom stereocenters. The third-order valence-electron chi connectivity index (χ3n) is 3.90. The Kier molecular flexibility index (Phi) is 4.25. The Morgan fingerprint density at radius 2 is 1.59 bits per heavy atom. The smallest absolute Gasteiger partial charge is 0.124 e. The first-order valence-corrected chi connectivity index (χ1v) is 7.66. The summed E-state index contributed by atoms with van der Waals surface area (Å²) in [5.74, 6) is 0.926. The third-order valence-corrected chi connectivity index (χ3v) is 3.90. The minimum atomic E-state index is -0.0905. The molecule has 0 spiro atoms. The van der Waals surface area contributed by atoms with Crippen molar-refractivity contribution in [2.75, 3.05) is 6.61 Å². The van der Waals surface area contributed by atoms with Gasteiger partial charge in [-0.2, -0.15) is 0 Å². The number of amidine groups is 1. The van der Waals surface area contributed by atoms with Crippen molar-refractivity contribution in [1.82, 2.24) is 5.32 Å². The molecule has 1 atom stereocenters. The van der Waals surface area contributed by atoms with Crippen LogP contribution >= 0.6 is 0 Å². The topological polar surface area (TPSA) is 33.6 Å². The molecule has 1 aliphatic heterocycles. The van der Waals surface area contributed by atoms with E-state index in [0.29, 0.717) is 13.2 Å². The van der Waals surface area contributed by atoms with Crippen molar-refractivity contribution in [2.24, 2.45) is 4.99 Å². The number of hydrogen-bond donors (Lipinski definition) is 1. The SMILES string of the molecule is CC1(C)NC(COCc2ccccc2)=N[C@@H]1c1ccccc1. The summed E-state index contributed by atoms with van der Waals surface area (Å²) in [7, 11) is 0. The third kappa shape index (κ3) is 3.37. The van der Waals surface area contributed by atoms with Crippen LogP contribution in [0.15, 0.2) is 65.7 Å². The van der Waals surface area contributed by atoms with Gasteiger partial charge in [0, 0.05) is 0 Å². The van der Waals surface area contributed by atoms with E-state index in [1.807, 2.05) is 24.3 Å². The maximum Gasteiger partial charge on any atom is 0.124 e. The monoisotopic (exact) mass is 294 g/mol. The second-order valence-electron chi connectivity index (χ2n) is 6.21. The Morgan fingerprint density at radius 1 is 0.955 bits per heavy atom. The van der Waals surface area contributed by atoms with Gasteiger partial charge in [-0.05, 0) is 25.0 Å². The molecule has 0 amide bonds. The van der Waals surface area contributed by atoms with E-state index >= 15 is 0 Å². The number of rotatable bonds is 5. The number of nitrogens with zero attached hydrogens (tertiary/aromatic N) is 1. The summed E-state index contributed by atoms with van der Waals surface area (Å²) >= 11 is 0. The minimum absolute atomic E-state index is 0.0905. The first-order valence-electron chi connectivity index (χ1n) is 7.66. The van der Waals surface area contributed by atoms with Gasteiger partial charge in [-0.3, -0.25) is 4.99 Å². The molecular formula is C19H22N2O. The van der Waals surface area contributed by atoms with Gasteiger partial charge in [-0.15, -0.1) is 0 Å². The predicted octanol–water partition coefficient (Wildman–Crippen LogP) is 3.72. The number of hydrogen-bond acceptors (Lipinski definition) is 3. The molecule has 0 aromatic heterocycles. The fraction of sp³-hybridized carbons (Fsp3) is 0.316. The van der Waals surface area contributed by atoms with Crippen molar-refractivity contribution in [3.05, 3.63) is 71.8 Å². The molecule has 0 fully saturated rings. The highest BCUT2D eigenvalue weighted by Crippen LogP contribution is 2.33. The van der Waals surface area contributed by atoms with Gasteiger partial charge in [0.15, 0.2) is 0 Å². The summed E-state index contributed by atoms with van der Waals surface area (Å²) in [5, 5.41) is 3.49. The Bertz CT molecular complexity index is 635. The number of benzene rings is 2. The van der Waals surface area contributed by atoms with E-state index in [1.54, 1.807) is 0 Å². The van der Waals surface area contributed by atoms with Crippen molar-refractivity contribution < 1.29 is 4.74 Å². The summed E-state index contributed by atoms with van der Waals surface area (Å²) in [6.07, 6.45) is 0. The van der Waals surface area contributed by atoms with E-state index in [2.05, 4.69) is 55.6 Å². The van der Waals surface area contributed by atoms with Crippen LogP contribution in [-0.2, 0) is 11.3 Å². The first kappa shape index (κ1) is 14.8. The average Bonchev–Trinajstić information content (AvgIpc) is 2.84. The van der Waals surface area contributed by atoms with Crippen LogP contribution in [0.25, 0.3) is 0 Å². The fourth-order valence-corrected chi connectivity index (χ4v) is 2.83. The molecule has 0 aliphatic carbocycles. The lowest BCUT2D eigenvalue weighted by Gasteiger charge is -2.26. The Morgan fingerprint density at radius 3 is 2.27 bits per heavy atom. The first-order chi connectivity index (χ1) is 10.6. The van der Waals surface area contributed by atoms with E-state index < -0.39 is 0 Å².